The largest absolute Gasteiger partial charge is 0.398 e. The summed E-state index contributed by atoms with van der Waals surface area (Å²) in [5.41, 5.74) is 5.98. The maximum absolute atomic E-state index is 11.7. The predicted octanol–water partition coefficient (Wildman–Crippen LogP) is 0.467. The molecule has 7 nitrogen and oxygen atoms in total. The van der Waals surface area contributed by atoms with Crippen molar-refractivity contribution >= 4 is 25.7 Å². The van der Waals surface area contributed by atoms with Crippen molar-refractivity contribution < 1.29 is 16.8 Å². The molecular weight excluding hydrogens is 302 g/mol. The molecule has 0 amide bonds. The van der Waals surface area contributed by atoms with Crippen molar-refractivity contribution in [2.75, 3.05) is 5.73 Å². The molecule has 114 valence electrons. The number of nitrogen functional groups attached to an aromatic ring is 1. The first kappa shape index (κ1) is 16.9. The number of hydrogen-bond acceptors (Lipinski definition) is 5. The van der Waals surface area contributed by atoms with Gasteiger partial charge in [-0.2, -0.15) is 0 Å². The van der Waals surface area contributed by atoms with Gasteiger partial charge in [-0.3, -0.25) is 0 Å². The molecule has 0 aliphatic carbocycles. The van der Waals surface area contributed by atoms with Crippen LogP contribution in [-0.4, -0.2) is 16.8 Å². The third kappa shape index (κ3) is 3.69. The molecule has 0 fully saturated rings. The Labute approximate surface area is 119 Å². The lowest BCUT2D eigenvalue weighted by Gasteiger charge is -2.17. The highest BCUT2D eigenvalue weighted by Gasteiger charge is 2.23. The molecular formula is C11H19N3O4S2. The van der Waals surface area contributed by atoms with Crippen molar-refractivity contribution in [3.8, 4) is 0 Å². The van der Waals surface area contributed by atoms with Crippen LogP contribution in [0.2, 0.25) is 0 Å². The van der Waals surface area contributed by atoms with Gasteiger partial charge in [-0.05, 0) is 30.0 Å². The normalized spacial score (nSPS) is 14.2. The highest BCUT2D eigenvalue weighted by Crippen LogP contribution is 2.32. The Morgan fingerprint density at radius 2 is 1.55 bits per heavy atom. The molecule has 20 heavy (non-hydrogen) atoms. The Morgan fingerprint density at radius 1 is 1.05 bits per heavy atom. The van der Waals surface area contributed by atoms with Gasteiger partial charge in [0.2, 0.25) is 20.0 Å². The van der Waals surface area contributed by atoms with E-state index < -0.39 is 24.9 Å². The van der Waals surface area contributed by atoms with E-state index in [1.807, 2.05) is 13.8 Å². The van der Waals surface area contributed by atoms with Crippen LogP contribution in [0.25, 0.3) is 0 Å². The molecule has 0 aliphatic rings. The third-order valence-electron chi connectivity index (χ3n) is 3.01. The number of hydrogen-bond donors (Lipinski definition) is 3. The van der Waals surface area contributed by atoms with E-state index in [-0.39, 0.29) is 16.5 Å². The number of sulfonamides is 2. The van der Waals surface area contributed by atoms with Crippen molar-refractivity contribution in [1.82, 2.24) is 0 Å². The van der Waals surface area contributed by atoms with Gasteiger partial charge in [-0.25, -0.2) is 27.1 Å². The van der Waals surface area contributed by atoms with E-state index >= 15 is 0 Å². The number of anilines is 1. The quantitative estimate of drug-likeness (QED) is 0.674. The van der Waals surface area contributed by atoms with Crippen LogP contribution in [0, 0.1) is 0 Å². The summed E-state index contributed by atoms with van der Waals surface area (Å²) in [4.78, 5) is -0.689. The molecule has 0 spiro atoms. The second-order valence-corrected chi connectivity index (χ2v) is 7.77. The van der Waals surface area contributed by atoms with Crippen LogP contribution >= 0.6 is 0 Å². The molecule has 1 aromatic rings. The lowest BCUT2D eigenvalue weighted by Crippen LogP contribution is -2.20. The molecule has 0 aliphatic heterocycles. The maximum atomic E-state index is 11.7. The van der Waals surface area contributed by atoms with Crippen molar-refractivity contribution in [2.45, 2.75) is 42.4 Å². The Balaban J connectivity index is 3.67. The Kier molecular flexibility index (Phi) is 4.80. The zero-order valence-electron chi connectivity index (χ0n) is 11.3. The topological polar surface area (TPSA) is 146 Å². The minimum Gasteiger partial charge on any atom is -0.398 e. The van der Waals surface area contributed by atoms with Crippen molar-refractivity contribution in [1.29, 1.82) is 0 Å². The van der Waals surface area contributed by atoms with E-state index in [0.29, 0.717) is 5.56 Å². The molecule has 0 saturated heterocycles. The second kappa shape index (κ2) is 5.68. The van der Waals surface area contributed by atoms with Crippen LogP contribution in [0.1, 0.15) is 38.2 Å². The second-order valence-electron chi connectivity index (χ2n) is 4.71. The molecule has 0 bridgehead atoms. The van der Waals surface area contributed by atoms with E-state index in [1.54, 1.807) is 0 Å². The van der Waals surface area contributed by atoms with Gasteiger partial charge in [0.15, 0.2) is 0 Å². The highest BCUT2D eigenvalue weighted by atomic mass is 32.2. The van der Waals surface area contributed by atoms with E-state index in [2.05, 4.69) is 0 Å². The lowest BCUT2D eigenvalue weighted by atomic mass is 9.96. The Hall–Kier alpha value is -1.16. The summed E-state index contributed by atoms with van der Waals surface area (Å²) in [6.07, 6.45) is 1.55. The number of rotatable bonds is 5. The van der Waals surface area contributed by atoms with Crippen LogP contribution in [0.4, 0.5) is 5.69 Å². The van der Waals surface area contributed by atoms with Crippen molar-refractivity contribution in [3.63, 3.8) is 0 Å². The summed E-state index contributed by atoms with van der Waals surface area (Å²) in [6, 6.07) is 2.25. The zero-order chi connectivity index (χ0) is 15.7. The van der Waals surface area contributed by atoms with Gasteiger partial charge in [-0.15, -0.1) is 0 Å². The molecule has 1 aromatic carbocycles. The molecule has 0 saturated carbocycles. The van der Waals surface area contributed by atoms with E-state index in [4.69, 9.17) is 16.0 Å². The van der Waals surface area contributed by atoms with Crippen LogP contribution < -0.4 is 16.0 Å². The third-order valence-corrected chi connectivity index (χ3v) is 4.94. The highest BCUT2D eigenvalue weighted by molar-refractivity contribution is 7.90. The van der Waals surface area contributed by atoms with E-state index in [9.17, 15) is 16.8 Å². The van der Waals surface area contributed by atoms with Gasteiger partial charge in [0.05, 0.1) is 10.6 Å². The van der Waals surface area contributed by atoms with Gasteiger partial charge in [0.25, 0.3) is 0 Å². The molecule has 1 unspecified atom stereocenters. The molecule has 0 aromatic heterocycles. The molecule has 0 heterocycles. The summed E-state index contributed by atoms with van der Waals surface area (Å²) in [6.45, 7) is 3.78. The molecule has 9 heteroatoms. The average molecular weight is 321 g/mol. The SMILES string of the molecule is CCCC(C)c1cc(N)c(S(N)(=O)=O)cc1S(N)(=O)=O. The van der Waals surface area contributed by atoms with Gasteiger partial charge in [-0.1, -0.05) is 20.3 Å². The molecule has 1 atom stereocenters. The lowest BCUT2D eigenvalue weighted by molar-refractivity contribution is 0.590. The van der Waals surface area contributed by atoms with Crippen LogP contribution in [0.15, 0.2) is 21.9 Å². The van der Waals surface area contributed by atoms with E-state index in [0.717, 1.165) is 18.9 Å². The Bertz CT molecular complexity index is 711. The first-order valence-electron chi connectivity index (χ1n) is 5.97. The zero-order valence-corrected chi connectivity index (χ0v) is 13.0. The minimum atomic E-state index is -4.12. The monoisotopic (exact) mass is 321 g/mol. The predicted molar refractivity (Wildman–Crippen MR) is 76.9 cm³/mol. The van der Waals surface area contributed by atoms with Crippen LogP contribution in [-0.2, 0) is 20.0 Å². The maximum Gasteiger partial charge on any atom is 0.240 e. The van der Waals surface area contributed by atoms with Crippen molar-refractivity contribution in [2.24, 2.45) is 10.3 Å². The smallest absolute Gasteiger partial charge is 0.240 e. The summed E-state index contributed by atoms with van der Waals surface area (Å²) >= 11 is 0. The summed E-state index contributed by atoms with van der Waals surface area (Å²) < 4.78 is 46.1. The summed E-state index contributed by atoms with van der Waals surface area (Å²) in [7, 11) is -8.19. The van der Waals surface area contributed by atoms with Gasteiger partial charge < -0.3 is 5.73 Å². The summed E-state index contributed by atoms with van der Waals surface area (Å²) in [5.74, 6) is -0.120. The fourth-order valence-electron chi connectivity index (χ4n) is 2.06. The average Bonchev–Trinajstić information content (AvgIpc) is 2.25. The Morgan fingerprint density at radius 3 is 1.95 bits per heavy atom. The molecule has 0 radical (unpaired) electrons. The van der Waals surface area contributed by atoms with Crippen LogP contribution in [0.3, 0.4) is 0 Å². The van der Waals surface area contributed by atoms with Gasteiger partial charge >= 0.3 is 0 Å². The first-order valence-corrected chi connectivity index (χ1v) is 9.06. The molecule has 6 N–H and O–H groups in total. The summed E-state index contributed by atoms with van der Waals surface area (Å²) in [5, 5.41) is 10.2. The number of benzene rings is 1. The van der Waals surface area contributed by atoms with Gasteiger partial charge in [0.1, 0.15) is 4.90 Å². The fourth-order valence-corrected chi connectivity index (χ4v) is 3.68. The van der Waals surface area contributed by atoms with Crippen LogP contribution in [0.5, 0.6) is 0 Å². The number of nitrogens with two attached hydrogens (primary N) is 3. The fraction of sp³-hybridized carbons (Fsp3) is 0.455. The first-order chi connectivity index (χ1) is 8.98. The minimum absolute atomic E-state index is 0.0853. The molecule has 1 rings (SSSR count). The van der Waals surface area contributed by atoms with E-state index in [1.165, 1.54) is 6.07 Å². The number of primary sulfonamides is 2. The van der Waals surface area contributed by atoms with Gasteiger partial charge in [0, 0.05) is 0 Å². The van der Waals surface area contributed by atoms with Crippen molar-refractivity contribution in [3.05, 3.63) is 17.7 Å². The standard InChI is InChI=1S/C11H19N3O4S2/c1-3-4-7(2)8-5-9(12)11(20(14,17)18)6-10(8)19(13,15)16/h5-7H,3-4,12H2,1-2H3,(H2,13,15,16)(H2,14,17,18).